The number of nitrogens with zero attached hydrogens (tertiary/aromatic N) is 2. The van der Waals surface area contributed by atoms with Gasteiger partial charge in [0.25, 0.3) is 0 Å². The third-order valence-electron chi connectivity index (χ3n) is 4.82. The molecule has 2 aromatic rings. The predicted octanol–water partition coefficient (Wildman–Crippen LogP) is 4.38. The third kappa shape index (κ3) is 5.76. The zero-order chi connectivity index (χ0) is 20.8. The summed E-state index contributed by atoms with van der Waals surface area (Å²) in [6, 6.07) is 9.65. The van der Waals surface area contributed by atoms with E-state index in [9.17, 15) is 4.79 Å². The van der Waals surface area contributed by atoms with Crippen molar-refractivity contribution in [3.05, 3.63) is 47.1 Å². The van der Waals surface area contributed by atoms with E-state index in [1.807, 2.05) is 37.3 Å². The second kappa shape index (κ2) is 9.83. The number of halogens is 1. The number of amides is 1. The van der Waals surface area contributed by atoms with E-state index in [2.05, 4.69) is 22.1 Å². The van der Waals surface area contributed by atoms with E-state index in [1.54, 1.807) is 6.20 Å². The molecule has 0 bridgehead atoms. The number of benzene rings is 1. The molecule has 0 unspecified atom stereocenters. The normalized spacial score (nSPS) is 17.1. The van der Waals surface area contributed by atoms with Gasteiger partial charge in [-0.3, -0.25) is 4.79 Å². The summed E-state index contributed by atoms with van der Waals surface area (Å²) in [5.74, 6) is 2.24. The lowest BCUT2D eigenvalue weighted by atomic mass is 10.1. The molecule has 1 aliphatic rings. The van der Waals surface area contributed by atoms with Crippen molar-refractivity contribution < 1.29 is 14.3 Å². The van der Waals surface area contributed by atoms with E-state index in [-0.39, 0.29) is 18.1 Å². The van der Waals surface area contributed by atoms with Gasteiger partial charge in [-0.25, -0.2) is 4.98 Å². The Morgan fingerprint density at radius 3 is 2.76 bits per heavy atom. The number of hydrogen-bond donors (Lipinski definition) is 1. The second-order valence-corrected chi connectivity index (χ2v) is 7.70. The first-order valence-corrected chi connectivity index (χ1v) is 10.4. The Labute approximate surface area is 177 Å². The van der Waals surface area contributed by atoms with Gasteiger partial charge in [0.15, 0.2) is 0 Å². The Hall–Kier alpha value is -2.47. The van der Waals surface area contributed by atoms with Crippen LogP contribution in [0.5, 0.6) is 11.5 Å². The molecule has 6 nitrogen and oxygen atoms in total. The van der Waals surface area contributed by atoms with Gasteiger partial charge in [0.2, 0.25) is 5.91 Å². The summed E-state index contributed by atoms with van der Waals surface area (Å²) in [6.45, 7) is 7.76. The van der Waals surface area contributed by atoms with Crippen LogP contribution in [0.4, 0.5) is 5.82 Å². The summed E-state index contributed by atoms with van der Waals surface area (Å²) >= 11 is 6.42. The lowest BCUT2D eigenvalue weighted by Crippen LogP contribution is -2.25. The van der Waals surface area contributed by atoms with E-state index in [0.29, 0.717) is 17.4 Å². The molecule has 1 N–H and O–H groups in total. The Morgan fingerprint density at radius 1 is 1.34 bits per heavy atom. The van der Waals surface area contributed by atoms with Crippen LogP contribution >= 0.6 is 11.6 Å². The highest BCUT2D eigenvalue weighted by molar-refractivity contribution is 6.33. The van der Waals surface area contributed by atoms with Crippen molar-refractivity contribution in [1.29, 1.82) is 0 Å². The summed E-state index contributed by atoms with van der Waals surface area (Å²) in [4.78, 5) is 17.8. The number of ether oxygens (including phenoxy) is 2. The van der Waals surface area contributed by atoms with Crippen LogP contribution in [0.25, 0.3) is 0 Å². The average molecular weight is 418 g/mol. The molecule has 1 aromatic carbocycles. The first-order chi connectivity index (χ1) is 14.0. The molecule has 0 aliphatic carbocycles. The number of carbonyl (C=O) groups is 1. The third-order valence-corrected chi connectivity index (χ3v) is 5.09. The van der Waals surface area contributed by atoms with Gasteiger partial charge >= 0.3 is 0 Å². The summed E-state index contributed by atoms with van der Waals surface area (Å²) in [5.41, 5.74) is 1.04. The van der Waals surface area contributed by atoms with Crippen molar-refractivity contribution in [3.63, 3.8) is 0 Å². The topological polar surface area (TPSA) is 63.7 Å². The number of pyridine rings is 1. The molecule has 0 spiro atoms. The van der Waals surface area contributed by atoms with Crippen molar-refractivity contribution in [3.8, 4) is 11.5 Å². The van der Waals surface area contributed by atoms with Crippen LogP contribution < -0.4 is 19.7 Å². The van der Waals surface area contributed by atoms with Crippen molar-refractivity contribution in [2.45, 2.75) is 45.8 Å². The molecule has 1 saturated heterocycles. The minimum Gasteiger partial charge on any atom is -0.492 e. The maximum absolute atomic E-state index is 11.2. The molecule has 3 rings (SSSR count). The van der Waals surface area contributed by atoms with E-state index >= 15 is 0 Å². The molecule has 0 radical (unpaired) electrons. The monoisotopic (exact) mass is 417 g/mol. The second-order valence-electron chi connectivity index (χ2n) is 7.29. The van der Waals surface area contributed by atoms with E-state index in [0.717, 1.165) is 43.1 Å². The van der Waals surface area contributed by atoms with E-state index in [1.165, 1.54) is 6.92 Å². The summed E-state index contributed by atoms with van der Waals surface area (Å²) < 4.78 is 11.7. The fraction of sp³-hybridized carbons (Fsp3) is 0.455. The van der Waals surface area contributed by atoms with Crippen LogP contribution in [0, 0.1) is 0 Å². The fourth-order valence-corrected chi connectivity index (χ4v) is 3.65. The van der Waals surface area contributed by atoms with Crippen LogP contribution in [0.2, 0.25) is 5.02 Å². The number of hydrogen-bond acceptors (Lipinski definition) is 5. The Bertz CT molecular complexity index is 829. The number of anilines is 1. The standard InChI is InChI=1S/C22H28ClN3O3/c1-4-11-28-20-12-21(23)22(24-13-20)26-10-9-19(14-26)29-18-7-5-17(6-8-18)15(2)25-16(3)27/h5-8,12-13,15,19H,4,9-11,14H2,1-3H3,(H,25,27)/t15-,19+/m0/s1. The lowest BCUT2D eigenvalue weighted by molar-refractivity contribution is -0.119. The Kier molecular flexibility index (Phi) is 7.20. The molecule has 1 aromatic heterocycles. The zero-order valence-corrected chi connectivity index (χ0v) is 17.9. The van der Waals surface area contributed by atoms with Crippen molar-refractivity contribution >= 4 is 23.3 Å². The largest absolute Gasteiger partial charge is 0.492 e. The van der Waals surface area contributed by atoms with Gasteiger partial charge in [-0.2, -0.15) is 0 Å². The van der Waals surface area contributed by atoms with Gasteiger partial charge in [-0.1, -0.05) is 30.7 Å². The highest BCUT2D eigenvalue weighted by atomic mass is 35.5. The number of rotatable bonds is 8. The number of aromatic nitrogens is 1. The predicted molar refractivity (Wildman–Crippen MR) is 115 cm³/mol. The van der Waals surface area contributed by atoms with Crippen molar-refractivity contribution in [2.75, 3.05) is 24.6 Å². The van der Waals surface area contributed by atoms with Gasteiger partial charge in [-0.05, 0) is 31.0 Å². The van der Waals surface area contributed by atoms with Crippen LogP contribution in [0.3, 0.4) is 0 Å². The summed E-state index contributed by atoms with van der Waals surface area (Å²) in [6.07, 6.45) is 3.64. The molecule has 0 saturated carbocycles. The minimum absolute atomic E-state index is 0.0268. The highest BCUT2D eigenvalue weighted by Crippen LogP contribution is 2.30. The smallest absolute Gasteiger partial charge is 0.217 e. The fourth-order valence-electron chi connectivity index (χ4n) is 3.38. The number of carbonyl (C=O) groups excluding carboxylic acids is 1. The van der Waals surface area contributed by atoms with Crippen molar-refractivity contribution in [2.24, 2.45) is 0 Å². The average Bonchev–Trinajstić information content (AvgIpc) is 3.14. The van der Waals surface area contributed by atoms with Crippen LogP contribution in [-0.2, 0) is 4.79 Å². The van der Waals surface area contributed by atoms with E-state index in [4.69, 9.17) is 21.1 Å². The Morgan fingerprint density at radius 2 is 2.10 bits per heavy atom. The first-order valence-electron chi connectivity index (χ1n) is 10.0. The number of nitrogens with one attached hydrogen (secondary N) is 1. The molecule has 29 heavy (non-hydrogen) atoms. The molecule has 2 heterocycles. The summed E-state index contributed by atoms with van der Waals surface area (Å²) in [7, 11) is 0. The minimum atomic E-state index is -0.0406. The molecule has 1 fully saturated rings. The first kappa shape index (κ1) is 21.2. The quantitative estimate of drug-likeness (QED) is 0.690. The van der Waals surface area contributed by atoms with Gasteiger partial charge in [-0.15, -0.1) is 0 Å². The van der Waals surface area contributed by atoms with Gasteiger partial charge < -0.3 is 19.7 Å². The van der Waals surface area contributed by atoms with Crippen LogP contribution in [0.15, 0.2) is 36.5 Å². The maximum atomic E-state index is 11.2. The van der Waals surface area contributed by atoms with Gasteiger partial charge in [0.05, 0.1) is 30.4 Å². The molecular formula is C22H28ClN3O3. The highest BCUT2D eigenvalue weighted by Gasteiger charge is 2.26. The molecule has 1 amide bonds. The van der Waals surface area contributed by atoms with Crippen LogP contribution in [0.1, 0.15) is 45.2 Å². The molecule has 1 aliphatic heterocycles. The maximum Gasteiger partial charge on any atom is 0.217 e. The summed E-state index contributed by atoms with van der Waals surface area (Å²) in [5, 5.41) is 3.47. The van der Waals surface area contributed by atoms with Gasteiger partial charge in [0, 0.05) is 26.0 Å². The molecule has 156 valence electrons. The van der Waals surface area contributed by atoms with Gasteiger partial charge in [0.1, 0.15) is 23.4 Å². The molecule has 7 heteroatoms. The molecule has 2 atom stereocenters. The lowest BCUT2D eigenvalue weighted by Gasteiger charge is -2.20. The van der Waals surface area contributed by atoms with E-state index < -0.39 is 0 Å². The van der Waals surface area contributed by atoms with Crippen molar-refractivity contribution in [1.82, 2.24) is 10.3 Å². The molecular weight excluding hydrogens is 390 g/mol. The SMILES string of the molecule is CCCOc1cnc(N2CC[C@@H](Oc3ccc([C@H](C)NC(C)=O)cc3)C2)c(Cl)c1. The Balaban J connectivity index is 1.56. The zero-order valence-electron chi connectivity index (χ0n) is 17.2. The van der Waals surface area contributed by atoms with Crippen LogP contribution in [-0.4, -0.2) is 36.7 Å².